The molecular weight excluding hydrogens is 288 g/mol. The molecular formula is C14H14F4N2O. The first-order chi connectivity index (χ1) is 9.75. The Morgan fingerprint density at radius 1 is 1.24 bits per heavy atom. The summed E-state index contributed by atoms with van der Waals surface area (Å²) in [6.45, 7) is 2.36. The molecule has 3 nitrogen and oxygen atoms in total. The maximum absolute atomic E-state index is 13.9. The molecule has 0 radical (unpaired) electrons. The summed E-state index contributed by atoms with van der Waals surface area (Å²) >= 11 is 0. The standard InChI is InChI=1S/C14H14F4N2O/c1-3-4-19-11-7-12-8(5-10(11)15)9(14(16,17)18)6-13(21)20(12)2/h5-7,19H,3-4H2,1-2H3. The van der Waals surface area contributed by atoms with Crippen LogP contribution in [-0.4, -0.2) is 11.1 Å². The fraction of sp³-hybridized carbons (Fsp3) is 0.357. The second-order valence-corrected chi connectivity index (χ2v) is 4.73. The van der Waals surface area contributed by atoms with E-state index in [1.807, 2.05) is 6.92 Å². The fourth-order valence-electron chi connectivity index (χ4n) is 2.10. The summed E-state index contributed by atoms with van der Waals surface area (Å²) < 4.78 is 53.9. The molecule has 0 saturated carbocycles. The van der Waals surface area contributed by atoms with Crippen molar-refractivity contribution in [1.29, 1.82) is 0 Å². The van der Waals surface area contributed by atoms with Crippen LogP contribution in [0.4, 0.5) is 23.2 Å². The second kappa shape index (κ2) is 5.38. The smallest absolute Gasteiger partial charge is 0.383 e. The Hall–Kier alpha value is -2.05. The number of aromatic nitrogens is 1. The third-order valence-corrected chi connectivity index (χ3v) is 3.21. The van der Waals surface area contributed by atoms with Gasteiger partial charge >= 0.3 is 6.18 Å². The Kier molecular flexibility index (Phi) is 3.93. The van der Waals surface area contributed by atoms with E-state index < -0.39 is 23.1 Å². The van der Waals surface area contributed by atoms with E-state index >= 15 is 0 Å². The number of hydrogen-bond donors (Lipinski definition) is 1. The highest BCUT2D eigenvalue weighted by Crippen LogP contribution is 2.35. The van der Waals surface area contributed by atoms with Crippen molar-refractivity contribution in [3.8, 4) is 0 Å². The van der Waals surface area contributed by atoms with E-state index in [2.05, 4.69) is 5.32 Å². The number of nitrogens with one attached hydrogen (secondary N) is 1. The zero-order valence-electron chi connectivity index (χ0n) is 11.5. The first-order valence-electron chi connectivity index (χ1n) is 6.40. The molecule has 0 fully saturated rings. The molecule has 114 valence electrons. The minimum Gasteiger partial charge on any atom is -0.383 e. The van der Waals surface area contributed by atoms with E-state index in [0.717, 1.165) is 17.1 Å². The number of hydrogen-bond acceptors (Lipinski definition) is 2. The first kappa shape index (κ1) is 15.3. The molecule has 1 heterocycles. The highest BCUT2D eigenvalue weighted by molar-refractivity contribution is 5.86. The summed E-state index contributed by atoms with van der Waals surface area (Å²) in [7, 11) is 1.35. The zero-order chi connectivity index (χ0) is 15.8. The largest absolute Gasteiger partial charge is 0.417 e. The van der Waals surface area contributed by atoms with Crippen LogP contribution in [0.1, 0.15) is 18.9 Å². The van der Waals surface area contributed by atoms with Crippen LogP contribution in [0.15, 0.2) is 23.0 Å². The normalized spacial score (nSPS) is 11.9. The summed E-state index contributed by atoms with van der Waals surface area (Å²) in [5, 5.41) is 2.46. The molecule has 0 saturated heterocycles. The Morgan fingerprint density at radius 3 is 2.48 bits per heavy atom. The van der Waals surface area contributed by atoms with E-state index in [9.17, 15) is 22.4 Å². The Morgan fingerprint density at radius 2 is 1.90 bits per heavy atom. The molecule has 1 aromatic carbocycles. The SMILES string of the molecule is CCCNc1cc2c(cc1F)c(C(F)(F)F)cc(=O)n2C. The van der Waals surface area contributed by atoms with E-state index in [1.165, 1.54) is 13.1 Å². The summed E-state index contributed by atoms with van der Waals surface area (Å²) in [6, 6.07) is 2.54. The molecule has 0 aliphatic rings. The van der Waals surface area contributed by atoms with Gasteiger partial charge in [0.05, 0.1) is 16.8 Å². The van der Waals surface area contributed by atoms with Crippen LogP contribution in [0.3, 0.4) is 0 Å². The molecule has 0 atom stereocenters. The molecule has 2 rings (SSSR count). The third kappa shape index (κ3) is 2.86. The topological polar surface area (TPSA) is 34.0 Å². The van der Waals surface area contributed by atoms with E-state index in [0.29, 0.717) is 12.6 Å². The minimum atomic E-state index is -4.71. The van der Waals surface area contributed by atoms with Gasteiger partial charge < -0.3 is 9.88 Å². The maximum Gasteiger partial charge on any atom is 0.417 e. The van der Waals surface area contributed by atoms with Crippen LogP contribution in [0.2, 0.25) is 0 Å². The van der Waals surface area contributed by atoms with Crippen molar-refractivity contribution in [3.05, 3.63) is 39.9 Å². The van der Waals surface area contributed by atoms with E-state index in [4.69, 9.17) is 0 Å². The van der Waals surface area contributed by atoms with E-state index in [1.54, 1.807) is 0 Å². The monoisotopic (exact) mass is 302 g/mol. The number of benzene rings is 1. The second-order valence-electron chi connectivity index (χ2n) is 4.73. The average molecular weight is 302 g/mol. The lowest BCUT2D eigenvalue weighted by Gasteiger charge is -2.15. The summed E-state index contributed by atoms with van der Waals surface area (Å²) in [5.41, 5.74) is -1.79. The minimum absolute atomic E-state index is 0.0369. The lowest BCUT2D eigenvalue weighted by molar-refractivity contribution is -0.136. The van der Waals surface area contributed by atoms with Gasteiger partial charge in [-0.15, -0.1) is 0 Å². The van der Waals surface area contributed by atoms with Gasteiger partial charge in [0, 0.05) is 25.0 Å². The zero-order valence-corrected chi connectivity index (χ0v) is 11.5. The molecule has 1 N–H and O–H groups in total. The van der Waals surface area contributed by atoms with Gasteiger partial charge in [-0.1, -0.05) is 6.92 Å². The van der Waals surface area contributed by atoms with Gasteiger partial charge in [-0.2, -0.15) is 13.2 Å². The number of rotatable bonds is 3. The molecule has 21 heavy (non-hydrogen) atoms. The van der Waals surface area contributed by atoms with Gasteiger partial charge in [0.15, 0.2) is 0 Å². The van der Waals surface area contributed by atoms with Crippen molar-refractivity contribution in [2.24, 2.45) is 7.05 Å². The van der Waals surface area contributed by atoms with Crippen molar-refractivity contribution in [1.82, 2.24) is 4.57 Å². The molecule has 2 aromatic rings. The molecule has 0 aliphatic heterocycles. The molecule has 0 spiro atoms. The van der Waals surface area contributed by atoms with E-state index in [-0.39, 0.29) is 16.6 Å². The summed E-state index contributed by atoms with van der Waals surface area (Å²) in [4.78, 5) is 11.7. The number of alkyl halides is 3. The van der Waals surface area contributed by atoms with Crippen molar-refractivity contribution < 1.29 is 17.6 Å². The van der Waals surface area contributed by atoms with Gasteiger partial charge in [-0.25, -0.2) is 4.39 Å². The highest BCUT2D eigenvalue weighted by atomic mass is 19.4. The Bertz CT molecular complexity index is 734. The lowest BCUT2D eigenvalue weighted by Crippen LogP contribution is -2.21. The number of fused-ring (bicyclic) bond motifs is 1. The lowest BCUT2D eigenvalue weighted by atomic mass is 10.1. The van der Waals surface area contributed by atoms with Crippen LogP contribution >= 0.6 is 0 Å². The molecule has 0 aliphatic carbocycles. The first-order valence-corrected chi connectivity index (χ1v) is 6.40. The fourth-order valence-corrected chi connectivity index (χ4v) is 2.10. The number of nitrogens with zero attached hydrogens (tertiary/aromatic N) is 1. The number of pyridine rings is 1. The van der Waals surface area contributed by atoms with Crippen molar-refractivity contribution >= 4 is 16.6 Å². The van der Waals surface area contributed by atoms with Crippen molar-refractivity contribution in [3.63, 3.8) is 0 Å². The Balaban J connectivity index is 2.78. The summed E-state index contributed by atoms with van der Waals surface area (Å²) in [5.74, 6) is -0.778. The van der Waals surface area contributed by atoms with Crippen LogP contribution in [0.25, 0.3) is 10.9 Å². The summed E-state index contributed by atoms with van der Waals surface area (Å²) in [6.07, 6.45) is -3.98. The quantitative estimate of drug-likeness (QED) is 0.880. The average Bonchev–Trinajstić information content (AvgIpc) is 2.39. The van der Waals surface area contributed by atoms with Crippen LogP contribution in [0.5, 0.6) is 0 Å². The predicted molar refractivity (Wildman–Crippen MR) is 72.9 cm³/mol. The Labute approximate surface area is 118 Å². The number of halogens is 4. The molecule has 0 bridgehead atoms. The van der Waals surface area contributed by atoms with Gasteiger partial charge in [0.1, 0.15) is 5.82 Å². The molecule has 0 unspecified atom stereocenters. The van der Waals surface area contributed by atoms with Gasteiger partial charge in [0.2, 0.25) is 0 Å². The van der Waals surface area contributed by atoms with Gasteiger partial charge in [0.25, 0.3) is 5.56 Å². The van der Waals surface area contributed by atoms with Gasteiger partial charge in [-0.05, 0) is 18.6 Å². The molecule has 1 aromatic heterocycles. The maximum atomic E-state index is 13.9. The van der Waals surface area contributed by atoms with Gasteiger partial charge in [-0.3, -0.25) is 4.79 Å². The molecule has 0 amide bonds. The predicted octanol–water partition coefficient (Wildman–Crippen LogP) is 3.52. The van der Waals surface area contributed by atoms with Crippen LogP contribution in [0, 0.1) is 5.82 Å². The molecule has 7 heteroatoms. The highest BCUT2D eigenvalue weighted by Gasteiger charge is 2.34. The van der Waals surface area contributed by atoms with Crippen LogP contribution < -0.4 is 10.9 Å². The van der Waals surface area contributed by atoms with Crippen LogP contribution in [-0.2, 0) is 13.2 Å². The van der Waals surface area contributed by atoms with Crippen molar-refractivity contribution in [2.75, 3.05) is 11.9 Å². The number of anilines is 1. The van der Waals surface area contributed by atoms with Crippen molar-refractivity contribution in [2.45, 2.75) is 19.5 Å². The number of aryl methyl sites for hydroxylation is 1. The third-order valence-electron chi connectivity index (χ3n) is 3.21.